The largest absolute Gasteiger partial charge is 0.456 e. The molecule has 0 saturated heterocycles. The van der Waals surface area contributed by atoms with Gasteiger partial charge in [0, 0.05) is 12.1 Å². The summed E-state index contributed by atoms with van der Waals surface area (Å²) in [6, 6.07) is 8.94. The summed E-state index contributed by atoms with van der Waals surface area (Å²) in [5, 5.41) is 18.9. The third kappa shape index (κ3) is 3.50. The van der Waals surface area contributed by atoms with Crippen LogP contribution in [0, 0.1) is 10.1 Å². The van der Waals surface area contributed by atoms with Crippen molar-refractivity contribution in [2.24, 2.45) is 4.99 Å². The van der Waals surface area contributed by atoms with Gasteiger partial charge in [0.2, 0.25) is 0 Å². The van der Waals surface area contributed by atoms with Gasteiger partial charge < -0.3 is 4.74 Å². The summed E-state index contributed by atoms with van der Waals surface area (Å²) in [5.74, 6) is 1.32. The molecule has 102 valence electrons. The quantitative estimate of drug-likeness (QED) is 0.375. The summed E-state index contributed by atoms with van der Waals surface area (Å²) in [7, 11) is 0. The molecule has 0 bridgehead atoms. The number of rotatable bonds is 5. The van der Waals surface area contributed by atoms with Crippen molar-refractivity contribution in [2.45, 2.75) is 0 Å². The third-order valence-corrected chi connectivity index (χ3v) is 2.26. The van der Waals surface area contributed by atoms with Crippen molar-refractivity contribution >= 4 is 17.8 Å². The van der Waals surface area contributed by atoms with E-state index in [1.807, 2.05) is 0 Å². The van der Waals surface area contributed by atoms with Crippen LogP contribution in [-0.2, 0) is 0 Å². The van der Waals surface area contributed by atoms with Crippen LogP contribution in [0.1, 0.15) is 0 Å². The monoisotopic (exact) mass is 274 g/mol. The standard InChI is InChI=1S/C12H10N4O4/c17-15-8-14-12-6-5-11(7-13-12)20-10-3-1-9(2-4-10)16(18)19/h1-8,17H,(H,13,14,15). The molecule has 2 rings (SSSR count). The Labute approximate surface area is 113 Å². The lowest BCUT2D eigenvalue weighted by atomic mass is 10.3. The van der Waals surface area contributed by atoms with Crippen LogP contribution < -0.4 is 10.2 Å². The number of nitrogens with zero attached hydrogens (tertiary/aromatic N) is 3. The Bertz CT molecular complexity index is 610. The Morgan fingerprint density at radius 2 is 1.95 bits per heavy atom. The predicted molar refractivity (Wildman–Crippen MR) is 70.5 cm³/mol. The summed E-state index contributed by atoms with van der Waals surface area (Å²) in [4.78, 5) is 17.8. The van der Waals surface area contributed by atoms with Crippen LogP contribution in [0.2, 0.25) is 0 Å². The molecule has 1 heterocycles. The molecule has 0 saturated carbocycles. The van der Waals surface area contributed by atoms with Crippen molar-refractivity contribution in [3.05, 3.63) is 52.7 Å². The van der Waals surface area contributed by atoms with Gasteiger partial charge in [-0.1, -0.05) is 0 Å². The van der Waals surface area contributed by atoms with Gasteiger partial charge in [0.25, 0.3) is 5.69 Å². The maximum absolute atomic E-state index is 10.5. The number of benzene rings is 1. The molecule has 0 aliphatic heterocycles. The first-order valence-corrected chi connectivity index (χ1v) is 5.49. The maximum Gasteiger partial charge on any atom is 0.269 e. The SMILES string of the molecule is O=[N+]([O-])c1ccc(Oc2ccc(/N=C\NO)nc2)cc1. The fourth-order valence-electron chi connectivity index (χ4n) is 1.38. The Balaban J connectivity index is 2.06. The average molecular weight is 274 g/mol. The molecule has 8 heteroatoms. The van der Waals surface area contributed by atoms with Crippen LogP contribution in [-0.4, -0.2) is 21.5 Å². The first-order chi connectivity index (χ1) is 9.69. The maximum atomic E-state index is 10.5. The summed E-state index contributed by atoms with van der Waals surface area (Å²) in [6.45, 7) is 0. The molecule has 0 radical (unpaired) electrons. The van der Waals surface area contributed by atoms with E-state index in [-0.39, 0.29) is 5.69 Å². The van der Waals surface area contributed by atoms with Crippen LogP contribution in [0.5, 0.6) is 11.5 Å². The molecule has 0 aliphatic rings. The van der Waals surface area contributed by atoms with Crippen molar-refractivity contribution in [3.63, 3.8) is 0 Å². The minimum absolute atomic E-state index is 0.00309. The second kappa shape index (κ2) is 6.25. The topological polar surface area (TPSA) is 110 Å². The Morgan fingerprint density at radius 3 is 2.50 bits per heavy atom. The molecule has 0 atom stereocenters. The van der Waals surface area contributed by atoms with E-state index < -0.39 is 4.92 Å². The van der Waals surface area contributed by atoms with Crippen LogP contribution in [0.4, 0.5) is 11.5 Å². The number of nitro groups is 1. The van der Waals surface area contributed by atoms with Gasteiger partial charge >= 0.3 is 0 Å². The molecular weight excluding hydrogens is 264 g/mol. The highest BCUT2D eigenvalue weighted by Crippen LogP contribution is 2.24. The molecule has 1 aromatic carbocycles. The number of hydrogen-bond acceptors (Lipinski definition) is 6. The van der Waals surface area contributed by atoms with Crippen LogP contribution >= 0.6 is 0 Å². The first kappa shape index (κ1) is 13.4. The van der Waals surface area contributed by atoms with Crippen LogP contribution in [0.25, 0.3) is 0 Å². The van der Waals surface area contributed by atoms with Gasteiger partial charge in [0.1, 0.15) is 17.8 Å². The van der Waals surface area contributed by atoms with Crippen LogP contribution in [0.15, 0.2) is 47.6 Å². The van der Waals surface area contributed by atoms with Gasteiger partial charge in [0.05, 0.1) is 11.1 Å². The summed E-state index contributed by atoms with van der Waals surface area (Å²) >= 11 is 0. The number of hydroxylamine groups is 1. The molecule has 0 unspecified atom stereocenters. The lowest BCUT2D eigenvalue weighted by molar-refractivity contribution is -0.384. The fraction of sp³-hybridized carbons (Fsp3) is 0. The summed E-state index contributed by atoms with van der Waals surface area (Å²) in [6.07, 6.45) is 2.53. The summed E-state index contributed by atoms with van der Waals surface area (Å²) in [5.41, 5.74) is 1.76. The predicted octanol–water partition coefficient (Wildman–Crippen LogP) is 2.42. The van der Waals surface area contributed by atoms with Crippen molar-refractivity contribution in [1.29, 1.82) is 0 Å². The van der Waals surface area contributed by atoms with E-state index in [9.17, 15) is 10.1 Å². The minimum atomic E-state index is -0.479. The van der Waals surface area contributed by atoms with Gasteiger partial charge in [-0.05, 0) is 24.3 Å². The van der Waals surface area contributed by atoms with E-state index >= 15 is 0 Å². The van der Waals surface area contributed by atoms with Crippen molar-refractivity contribution < 1.29 is 14.9 Å². The molecule has 20 heavy (non-hydrogen) atoms. The molecule has 8 nitrogen and oxygen atoms in total. The lowest BCUT2D eigenvalue weighted by Gasteiger charge is -2.04. The Morgan fingerprint density at radius 1 is 1.25 bits per heavy atom. The highest BCUT2D eigenvalue weighted by atomic mass is 16.6. The van der Waals surface area contributed by atoms with Crippen molar-refractivity contribution in [2.75, 3.05) is 0 Å². The van der Waals surface area contributed by atoms with Gasteiger partial charge in [0.15, 0.2) is 5.82 Å². The van der Waals surface area contributed by atoms with E-state index in [1.54, 1.807) is 17.6 Å². The number of ether oxygens (including phenoxy) is 1. The highest BCUT2D eigenvalue weighted by molar-refractivity contribution is 5.57. The fourth-order valence-corrected chi connectivity index (χ4v) is 1.38. The number of nitro benzene ring substituents is 1. The van der Waals surface area contributed by atoms with Crippen molar-refractivity contribution in [3.8, 4) is 11.5 Å². The smallest absolute Gasteiger partial charge is 0.269 e. The first-order valence-electron chi connectivity index (χ1n) is 5.49. The zero-order chi connectivity index (χ0) is 14.4. The van der Waals surface area contributed by atoms with E-state index in [0.29, 0.717) is 17.3 Å². The molecule has 0 spiro atoms. The van der Waals surface area contributed by atoms with E-state index in [4.69, 9.17) is 9.94 Å². The number of non-ortho nitro benzene ring substituents is 1. The molecule has 2 aromatic rings. The number of pyridine rings is 1. The normalized spacial score (nSPS) is 10.4. The van der Waals surface area contributed by atoms with Crippen LogP contribution in [0.3, 0.4) is 0 Å². The average Bonchev–Trinajstić information content (AvgIpc) is 2.47. The van der Waals surface area contributed by atoms with E-state index in [2.05, 4.69) is 9.98 Å². The minimum Gasteiger partial charge on any atom is -0.456 e. The Hall–Kier alpha value is -3.00. The number of aromatic nitrogens is 1. The third-order valence-electron chi connectivity index (χ3n) is 2.26. The summed E-state index contributed by atoms with van der Waals surface area (Å²) < 4.78 is 5.47. The van der Waals surface area contributed by atoms with Gasteiger partial charge in [-0.25, -0.2) is 9.98 Å². The van der Waals surface area contributed by atoms with Gasteiger partial charge in [-0.15, -0.1) is 0 Å². The molecule has 1 aromatic heterocycles. The molecule has 0 fully saturated rings. The zero-order valence-corrected chi connectivity index (χ0v) is 10.1. The van der Waals surface area contributed by atoms with E-state index in [0.717, 1.165) is 6.34 Å². The number of hydrogen-bond donors (Lipinski definition) is 2. The second-order valence-electron chi connectivity index (χ2n) is 3.59. The van der Waals surface area contributed by atoms with Crippen molar-refractivity contribution in [1.82, 2.24) is 10.5 Å². The van der Waals surface area contributed by atoms with Gasteiger partial charge in [-0.3, -0.25) is 20.8 Å². The number of nitrogens with one attached hydrogen (secondary N) is 1. The molecular formula is C12H10N4O4. The second-order valence-corrected chi connectivity index (χ2v) is 3.59. The molecule has 0 amide bonds. The number of aliphatic imine (C=N–C) groups is 1. The molecule has 2 N–H and O–H groups in total. The lowest BCUT2D eigenvalue weighted by Crippen LogP contribution is -2.01. The Kier molecular flexibility index (Phi) is 4.20. The van der Waals surface area contributed by atoms with Gasteiger partial charge in [-0.2, -0.15) is 0 Å². The zero-order valence-electron chi connectivity index (χ0n) is 10.1. The highest BCUT2D eigenvalue weighted by Gasteiger charge is 2.05. The molecule has 0 aliphatic carbocycles. The van der Waals surface area contributed by atoms with E-state index in [1.165, 1.54) is 30.5 Å².